The lowest BCUT2D eigenvalue weighted by atomic mass is 10.1. The van der Waals surface area contributed by atoms with Crippen molar-refractivity contribution in [1.82, 2.24) is 19.7 Å². The number of aromatic nitrogens is 4. The first-order chi connectivity index (χ1) is 9.19. The second-order valence-corrected chi connectivity index (χ2v) is 4.30. The molecule has 0 aliphatic rings. The van der Waals surface area contributed by atoms with Crippen molar-refractivity contribution in [2.45, 2.75) is 0 Å². The van der Waals surface area contributed by atoms with Crippen molar-refractivity contribution in [3.8, 4) is 11.3 Å². The lowest BCUT2D eigenvalue weighted by molar-refractivity contribution is 0.771. The molecule has 0 atom stereocenters. The number of aryl methyl sites for hydroxylation is 1. The van der Waals surface area contributed by atoms with E-state index < -0.39 is 0 Å². The van der Waals surface area contributed by atoms with Crippen LogP contribution in [0.15, 0.2) is 30.7 Å². The molecule has 19 heavy (non-hydrogen) atoms. The van der Waals surface area contributed by atoms with Crippen LogP contribution in [-0.4, -0.2) is 26.8 Å². The summed E-state index contributed by atoms with van der Waals surface area (Å²) in [6.07, 6.45) is 5.43. The zero-order valence-electron chi connectivity index (χ0n) is 10.8. The second-order valence-electron chi connectivity index (χ2n) is 4.30. The largest absolute Gasteiger partial charge is 0.384 e. The Bertz CT molecular complexity index is 746. The fraction of sp³-hybridized carbons (Fsp3) is 0.154. The highest BCUT2D eigenvalue weighted by atomic mass is 15.2. The normalized spacial score (nSPS) is 10.8. The highest BCUT2D eigenvalue weighted by Gasteiger charge is 2.11. The van der Waals surface area contributed by atoms with Crippen LogP contribution in [0.2, 0.25) is 0 Å². The number of hydrogen-bond donors (Lipinski definition) is 2. The average Bonchev–Trinajstić information content (AvgIpc) is 2.83. The standard InChI is InChI=1S/C13H14N6/c1-15-13-10-7-16-12(14)5-8(10)9(6-17-13)11-3-4-19(2)18-11/h3-7H,1-2H3,(H2,14,16)(H,15,17). The lowest BCUT2D eigenvalue weighted by Gasteiger charge is -2.08. The summed E-state index contributed by atoms with van der Waals surface area (Å²) in [5.74, 6) is 1.26. The second kappa shape index (κ2) is 4.24. The summed E-state index contributed by atoms with van der Waals surface area (Å²) in [5, 5.41) is 9.39. The first-order valence-electron chi connectivity index (χ1n) is 5.91. The lowest BCUT2D eigenvalue weighted by Crippen LogP contribution is -1.98. The molecule has 3 aromatic heterocycles. The van der Waals surface area contributed by atoms with Gasteiger partial charge in [-0.15, -0.1) is 0 Å². The molecule has 3 heterocycles. The van der Waals surface area contributed by atoms with E-state index in [1.807, 2.05) is 32.4 Å². The molecule has 6 heteroatoms. The molecule has 0 unspecified atom stereocenters. The van der Waals surface area contributed by atoms with Crippen molar-refractivity contribution in [3.05, 3.63) is 30.7 Å². The van der Waals surface area contributed by atoms with Crippen molar-refractivity contribution in [3.63, 3.8) is 0 Å². The maximum absolute atomic E-state index is 5.79. The van der Waals surface area contributed by atoms with Gasteiger partial charge in [-0.25, -0.2) is 9.97 Å². The molecule has 3 N–H and O–H groups in total. The van der Waals surface area contributed by atoms with Crippen molar-refractivity contribution in [1.29, 1.82) is 0 Å². The number of anilines is 2. The monoisotopic (exact) mass is 254 g/mol. The van der Waals surface area contributed by atoms with Gasteiger partial charge in [-0.3, -0.25) is 4.68 Å². The van der Waals surface area contributed by atoms with Gasteiger partial charge in [0.2, 0.25) is 0 Å². The molecule has 3 rings (SSSR count). The first kappa shape index (κ1) is 11.5. The molecule has 0 fully saturated rings. The van der Waals surface area contributed by atoms with Crippen molar-refractivity contribution in [2.75, 3.05) is 18.1 Å². The number of nitrogen functional groups attached to an aromatic ring is 1. The number of nitrogens with zero attached hydrogens (tertiary/aromatic N) is 4. The Labute approximate surface area is 110 Å². The van der Waals surface area contributed by atoms with Crippen LogP contribution in [0.1, 0.15) is 0 Å². The summed E-state index contributed by atoms with van der Waals surface area (Å²) in [4.78, 5) is 8.53. The van der Waals surface area contributed by atoms with Gasteiger partial charge in [0.05, 0.1) is 5.69 Å². The van der Waals surface area contributed by atoms with Gasteiger partial charge in [0.1, 0.15) is 11.6 Å². The van der Waals surface area contributed by atoms with Crippen LogP contribution in [0.4, 0.5) is 11.6 Å². The van der Waals surface area contributed by atoms with Crippen LogP contribution in [0, 0.1) is 0 Å². The number of rotatable bonds is 2. The Hall–Kier alpha value is -2.63. The third kappa shape index (κ3) is 1.87. The summed E-state index contributed by atoms with van der Waals surface area (Å²) >= 11 is 0. The van der Waals surface area contributed by atoms with Crippen LogP contribution < -0.4 is 11.1 Å². The predicted molar refractivity (Wildman–Crippen MR) is 75.7 cm³/mol. The summed E-state index contributed by atoms with van der Waals surface area (Å²) < 4.78 is 1.76. The summed E-state index contributed by atoms with van der Waals surface area (Å²) in [6.45, 7) is 0. The van der Waals surface area contributed by atoms with Gasteiger partial charge in [0.15, 0.2) is 0 Å². The first-order valence-corrected chi connectivity index (χ1v) is 5.91. The molecule has 0 saturated carbocycles. The van der Waals surface area contributed by atoms with Gasteiger partial charge in [0.25, 0.3) is 0 Å². The van der Waals surface area contributed by atoms with Crippen LogP contribution >= 0.6 is 0 Å². The molecule has 0 bridgehead atoms. The zero-order chi connectivity index (χ0) is 13.4. The summed E-state index contributed by atoms with van der Waals surface area (Å²) in [6, 6.07) is 3.80. The van der Waals surface area contributed by atoms with Crippen molar-refractivity contribution in [2.24, 2.45) is 7.05 Å². The molecule has 6 nitrogen and oxygen atoms in total. The Kier molecular flexibility index (Phi) is 2.56. The van der Waals surface area contributed by atoms with Gasteiger partial charge in [-0.1, -0.05) is 0 Å². The number of nitrogens with two attached hydrogens (primary N) is 1. The Morgan fingerprint density at radius 2 is 2.05 bits per heavy atom. The quantitative estimate of drug-likeness (QED) is 0.726. The van der Waals surface area contributed by atoms with E-state index in [1.165, 1.54) is 0 Å². The number of hydrogen-bond acceptors (Lipinski definition) is 5. The third-order valence-corrected chi connectivity index (χ3v) is 3.02. The van der Waals surface area contributed by atoms with Gasteiger partial charge in [0, 0.05) is 49.0 Å². The van der Waals surface area contributed by atoms with Gasteiger partial charge in [-0.05, 0) is 12.1 Å². The van der Waals surface area contributed by atoms with E-state index in [1.54, 1.807) is 17.1 Å². The van der Waals surface area contributed by atoms with Crippen molar-refractivity contribution >= 4 is 22.4 Å². The maximum Gasteiger partial charge on any atom is 0.135 e. The van der Waals surface area contributed by atoms with Gasteiger partial charge in [-0.2, -0.15) is 5.10 Å². The van der Waals surface area contributed by atoms with E-state index in [0.29, 0.717) is 5.82 Å². The smallest absolute Gasteiger partial charge is 0.135 e. The Morgan fingerprint density at radius 3 is 2.74 bits per heavy atom. The molecular weight excluding hydrogens is 240 g/mol. The summed E-state index contributed by atoms with van der Waals surface area (Å²) in [5.41, 5.74) is 7.61. The highest BCUT2D eigenvalue weighted by Crippen LogP contribution is 2.30. The maximum atomic E-state index is 5.79. The Morgan fingerprint density at radius 1 is 1.21 bits per heavy atom. The Balaban J connectivity index is 2.34. The molecule has 96 valence electrons. The minimum Gasteiger partial charge on any atom is -0.384 e. The van der Waals surface area contributed by atoms with Gasteiger partial charge < -0.3 is 11.1 Å². The van der Waals surface area contributed by atoms with Crippen LogP contribution in [0.3, 0.4) is 0 Å². The molecule has 0 radical (unpaired) electrons. The number of pyridine rings is 2. The molecule has 0 amide bonds. The number of nitrogens with one attached hydrogen (secondary N) is 1. The van der Waals surface area contributed by atoms with Gasteiger partial charge >= 0.3 is 0 Å². The minimum absolute atomic E-state index is 0.484. The number of fused-ring (bicyclic) bond motifs is 1. The topological polar surface area (TPSA) is 81.7 Å². The van der Waals surface area contributed by atoms with E-state index in [0.717, 1.165) is 27.8 Å². The van der Waals surface area contributed by atoms with Crippen molar-refractivity contribution < 1.29 is 0 Å². The predicted octanol–water partition coefficient (Wildman–Crippen LogP) is 1.65. The molecule has 3 aromatic rings. The SMILES string of the molecule is CNc1ncc(-c2ccn(C)n2)c2cc(N)ncc12. The van der Waals surface area contributed by atoms with E-state index in [9.17, 15) is 0 Å². The molecule has 0 aromatic carbocycles. The fourth-order valence-electron chi connectivity index (χ4n) is 2.11. The minimum atomic E-state index is 0.484. The third-order valence-electron chi connectivity index (χ3n) is 3.02. The van der Waals surface area contributed by atoms with E-state index in [2.05, 4.69) is 20.4 Å². The summed E-state index contributed by atoms with van der Waals surface area (Å²) in [7, 11) is 3.72. The zero-order valence-corrected chi connectivity index (χ0v) is 10.8. The van der Waals surface area contributed by atoms with Crippen LogP contribution in [0.5, 0.6) is 0 Å². The van der Waals surface area contributed by atoms with E-state index in [4.69, 9.17) is 5.73 Å². The highest BCUT2D eigenvalue weighted by molar-refractivity contribution is 6.01. The van der Waals surface area contributed by atoms with Crippen LogP contribution in [0.25, 0.3) is 22.0 Å². The molecule has 0 aliphatic carbocycles. The molecule has 0 saturated heterocycles. The average molecular weight is 254 g/mol. The molecule has 0 aliphatic heterocycles. The van der Waals surface area contributed by atoms with E-state index in [-0.39, 0.29) is 0 Å². The molecular formula is C13H14N6. The van der Waals surface area contributed by atoms with E-state index >= 15 is 0 Å². The fourth-order valence-corrected chi connectivity index (χ4v) is 2.11. The molecule has 0 spiro atoms. The van der Waals surface area contributed by atoms with Crippen LogP contribution in [-0.2, 0) is 7.05 Å².